The van der Waals surface area contributed by atoms with E-state index in [-0.39, 0.29) is 0 Å². The molecular formula is C11H21NO2S. The molecule has 3 nitrogen and oxygen atoms in total. The van der Waals surface area contributed by atoms with Gasteiger partial charge in [0.2, 0.25) is 10.0 Å². The fourth-order valence-electron chi connectivity index (χ4n) is 3.16. The molecule has 4 heteroatoms. The van der Waals surface area contributed by atoms with Gasteiger partial charge in [-0.3, -0.25) is 0 Å². The molecular weight excluding hydrogens is 210 g/mol. The van der Waals surface area contributed by atoms with Gasteiger partial charge in [0.15, 0.2) is 0 Å². The first-order valence-corrected chi connectivity index (χ1v) is 7.82. The lowest BCUT2D eigenvalue weighted by Gasteiger charge is -2.44. The second-order valence-electron chi connectivity index (χ2n) is 5.26. The maximum atomic E-state index is 11.5. The standard InChI is InChI=1S/C11H21NO2S/c1-15(13,14)12-9-5-8-11(10-12)6-3-2-4-7-11/h2-10H2,1H3. The molecule has 1 aliphatic heterocycles. The van der Waals surface area contributed by atoms with E-state index >= 15 is 0 Å². The Morgan fingerprint density at radius 1 is 1.00 bits per heavy atom. The fourth-order valence-corrected chi connectivity index (χ4v) is 4.12. The molecule has 0 aromatic heterocycles. The van der Waals surface area contributed by atoms with Gasteiger partial charge in [0, 0.05) is 13.1 Å². The normalized spacial score (nSPS) is 28.1. The van der Waals surface area contributed by atoms with Crippen LogP contribution in [0.3, 0.4) is 0 Å². The second-order valence-corrected chi connectivity index (χ2v) is 7.24. The van der Waals surface area contributed by atoms with Crippen molar-refractivity contribution < 1.29 is 8.42 Å². The highest BCUT2D eigenvalue weighted by atomic mass is 32.2. The van der Waals surface area contributed by atoms with Crippen LogP contribution in [0, 0.1) is 5.41 Å². The van der Waals surface area contributed by atoms with Crippen LogP contribution in [-0.2, 0) is 10.0 Å². The smallest absolute Gasteiger partial charge is 0.211 e. The van der Waals surface area contributed by atoms with Crippen LogP contribution in [-0.4, -0.2) is 32.1 Å². The lowest BCUT2D eigenvalue weighted by Crippen LogP contribution is -2.46. The van der Waals surface area contributed by atoms with E-state index in [0.717, 1.165) is 19.5 Å². The van der Waals surface area contributed by atoms with Crippen LogP contribution in [0.15, 0.2) is 0 Å². The summed E-state index contributed by atoms with van der Waals surface area (Å²) < 4.78 is 24.8. The minimum Gasteiger partial charge on any atom is -0.213 e. The zero-order valence-electron chi connectivity index (χ0n) is 9.54. The molecule has 0 bridgehead atoms. The van der Waals surface area contributed by atoms with E-state index in [2.05, 4.69) is 0 Å². The van der Waals surface area contributed by atoms with Gasteiger partial charge in [-0.05, 0) is 31.1 Å². The Balaban J connectivity index is 2.09. The van der Waals surface area contributed by atoms with Gasteiger partial charge in [-0.2, -0.15) is 0 Å². The van der Waals surface area contributed by atoms with Crippen molar-refractivity contribution in [3.05, 3.63) is 0 Å². The van der Waals surface area contributed by atoms with Crippen molar-refractivity contribution in [1.29, 1.82) is 0 Å². The van der Waals surface area contributed by atoms with E-state index in [0.29, 0.717) is 5.41 Å². The summed E-state index contributed by atoms with van der Waals surface area (Å²) in [6.07, 6.45) is 10.0. The van der Waals surface area contributed by atoms with Gasteiger partial charge in [0.25, 0.3) is 0 Å². The van der Waals surface area contributed by atoms with Crippen molar-refractivity contribution in [1.82, 2.24) is 4.31 Å². The summed E-state index contributed by atoms with van der Waals surface area (Å²) in [7, 11) is -2.97. The maximum Gasteiger partial charge on any atom is 0.211 e. The average Bonchev–Trinajstić information content (AvgIpc) is 2.18. The SMILES string of the molecule is CS(=O)(=O)N1CCCC2(CCCCC2)C1. The Kier molecular flexibility index (Phi) is 3.08. The molecule has 15 heavy (non-hydrogen) atoms. The van der Waals surface area contributed by atoms with Crippen LogP contribution in [0.4, 0.5) is 0 Å². The first-order chi connectivity index (χ1) is 7.02. The monoisotopic (exact) mass is 231 g/mol. The number of hydrogen-bond acceptors (Lipinski definition) is 2. The van der Waals surface area contributed by atoms with Gasteiger partial charge < -0.3 is 0 Å². The molecule has 0 aromatic rings. The first-order valence-electron chi connectivity index (χ1n) is 5.97. The molecule has 1 heterocycles. The number of sulfonamides is 1. The quantitative estimate of drug-likeness (QED) is 0.692. The van der Waals surface area contributed by atoms with Gasteiger partial charge in [-0.15, -0.1) is 0 Å². The lowest BCUT2D eigenvalue weighted by atomic mass is 9.70. The summed E-state index contributed by atoms with van der Waals surface area (Å²) in [4.78, 5) is 0. The van der Waals surface area contributed by atoms with E-state index in [1.165, 1.54) is 44.8 Å². The number of hydrogen-bond donors (Lipinski definition) is 0. The summed E-state index contributed by atoms with van der Waals surface area (Å²) in [5, 5.41) is 0. The summed E-state index contributed by atoms with van der Waals surface area (Å²) >= 11 is 0. The predicted octanol–water partition coefficient (Wildman–Crippen LogP) is 1.99. The van der Waals surface area contributed by atoms with E-state index in [1.807, 2.05) is 0 Å². The van der Waals surface area contributed by atoms with Crippen molar-refractivity contribution in [3.63, 3.8) is 0 Å². The van der Waals surface area contributed by atoms with Crippen LogP contribution in [0.1, 0.15) is 44.9 Å². The Bertz CT molecular complexity index is 312. The molecule has 1 spiro atoms. The maximum absolute atomic E-state index is 11.5. The van der Waals surface area contributed by atoms with E-state index < -0.39 is 10.0 Å². The zero-order valence-corrected chi connectivity index (χ0v) is 10.4. The highest BCUT2D eigenvalue weighted by Crippen LogP contribution is 2.43. The fraction of sp³-hybridized carbons (Fsp3) is 1.00. The molecule has 0 atom stereocenters. The van der Waals surface area contributed by atoms with Crippen LogP contribution in [0.2, 0.25) is 0 Å². The molecule has 2 rings (SSSR count). The topological polar surface area (TPSA) is 37.4 Å². The molecule has 88 valence electrons. The van der Waals surface area contributed by atoms with Gasteiger partial charge >= 0.3 is 0 Å². The summed E-state index contributed by atoms with van der Waals surface area (Å²) in [5.74, 6) is 0. The zero-order chi connectivity index (χ0) is 10.9. The molecule has 0 N–H and O–H groups in total. The molecule has 2 aliphatic rings. The minimum atomic E-state index is -2.97. The molecule has 1 saturated heterocycles. The van der Waals surface area contributed by atoms with Crippen LogP contribution < -0.4 is 0 Å². The largest absolute Gasteiger partial charge is 0.213 e. The van der Waals surface area contributed by atoms with Crippen molar-refractivity contribution >= 4 is 10.0 Å². The lowest BCUT2D eigenvalue weighted by molar-refractivity contribution is 0.0969. The van der Waals surface area contributed by atoms with Gasteiger partial charge in [-0.25, -0.2) is 12.7 Å². The molecule has 0 unspecified atom stereocenters. The van der Waals surface area contributed by atoms with Gasteiger partial charge in [-0.1, -0.05) is 19.3 Å². The summed E-state index contributed by atoms with van der Waals surface area (Å²) in [5.41, 5.74) is 0.333. The van der Waals surface area contributed by atoms with Crippen molar-refractivity contribution in [2.45, 2.75) is 44.9 Å². The number of nitrogens with zero attached hydrogens (tertiary/aromatic N) is 1. The third-order valence-corrected chi connectivity index (χ3v) is 5.26. The molecule has 1 aliphatic carbocycles. The summed E-state index contributed by atoms with van der Waals surface area (Å²) in [6.45, 7) is 1.52. The Labute approximate surface area is 92.9 Å². The Hall–Kier alpha value is -0.0900. The highest BCUT2D eigenvalue weighted by Gasteiger charge is 2.38. The molecule has 0 radical (unpaired) electrons. The third-order valence-electron chi connectivity index (χ3n) is 4.01. The molecule has 0 aromatic carbocycles. The third kappa shape index (κ3) is 2.53. The average molecular weight is 231 g/mol. The molecule has 2 fully saturated rings. The van der Waals surface area contributed by atoms with E-state index in [1.54, 1.807) is 4.31 Å². The van der Waals surface area contributed by atoms with Crippen molar-refractivity contribution in [2.24, 2.45) is 5.41 Å². The number of rotatable bonds is 1. The highest BCUT2D eigenvalue weighted by molar-refractivity contribution is 7.88. The Morgan fingerprint density at radius 2 is 1.60 bits per heavy atom. The second kappa shape index (κ2) is 4.06. The van der Waals surface area contributed by atoms with E-state index in [4.69, 9.17) is 0 Å². The van der Waals surface area contributed by atoms with Crippen LogP contribution >= 0.6 is 0 Å². The van der Waals surface area contributed by atoms with Gasteiger partial charge in [0.05, 0.1) is 6.26 Å². The molecule has 0 amide bonds. The minimum absolute atomic E-state index is 0.333. The molecule has 1 saturated carbocycles. The van der Waals surface area contributed by atoms with Crippen molar-refractivity contribution in [2.75, 3.05) is 19.3 Å². The Morgan fingerprint density at radius 3 is 2.20 bits per heavy atom. The first kappa shape index (κ1) is 11.4. The predicted molar refractivity (Wildman–Crippen MR) is 61.2 cm³/mol. The number of piperidine rings is 1. The van der Waals surface area contributed by atoms with Crippen LogP contribution in [0.25, 0.3) is 0 Å². The van der Waals surface area contributed by atoms with E-state index in [9.17, 15) is 8.42 Å². The van der Waals surface area contributed by atoms with Crippen molar-refractivity contribution in [3.8, 4) is 0 Å². The van der Waals surface area contributed by atoms with Crippen LogP contribution in [0.5, 0.6) is 0 Å². The van der Waals surface area contributed by atoms with Gasteiger partial charge in [0.1, 0.15) is 0 Å². The summed E-state index contributed by atoms with van der Waals surface area (Å²) in [6, 6.07) is 0.